The highest BCUT2D eigenvalue weighted by molar-refractivity contribution is 5.27. The van der Waals surface area contributed by atoms with E-state index >= 15 is 0 Å². The first-order valence-electron chi connectivity index (χ1n) is 8.27. The van der Waals surface area contributed by atoms with Crippen molar-refractivity contribution in [3.8, 4) is 5.75 Å². The van der Waals surface area contributed by atoms with E-state index in [9.17, 15) is 0 Å². The average molecular weight is 297 g/mol. The summed E-state index contributed by atoms with van der Waals surface area (Å²) in [6.45, 7) is 6.06. The lowest BCUT2D eigenvalue weighted by molar-refractivity contribution is 0.317. The number of ether oxygens (including phenoxy) is 1. The molecule has 0 aliphatic rings. The first-order chi connectivity index (χ1) is 10.8. The largest absolute Gasteiger partial charge is 0.494 e. The molecule has 0 radical (unpaired) electrons. The minimum atomic E-state index is 0.510. The van der Waals surface area contributed by atoms with Crippen LogP contribution in [0.15, 0.2) is 54.6 Å². The van der Waals surface area contributed by atoms with Crippen LogP contribution in [0.5, 0.6) is 5.75 Å². The quantitative estimate of drug-likeness (QED) is 0.731. The number of aryl methyl sites for hydroxylation is 1. The van der Waals surface area contributed by atoms with Gasteiger partial charge in [-0.05, 0) is 49.4 Å². The normalized spacial score (nSPS) is 12.1. The molecule has 0 spiro atoms. The lowest BCUT2D eigenvalue weighted by Gasteiger charge is -2.14. The Morgan fingerprint density at radius 1 is 0.955 bits per heavy atom. The fraction of sp³-hybridized carbons (Fsp3) is 0.400. The number of hydrogen-bond donors (Lipinski definition) is 1. The van der Waals surface area contributed by atoms with Gasteiger partial charge in [0.05, 0.1) is 6.61 Å². The summed E-state index contributed by atoms with van der Waals surface area (Å²) in [4.78, 5) is 0. The Labute approximate surface area is 134 Å². The maximum atomic E-state index is 5.60. The number of hydrogen-bond acceptors (Lipinski definition) is 2. The van der Waals surface area contributed by atoms with Crippen molar-refractivity contribution in [1.82, 2.24) is 5.32 Å². The molecule has 2 aromatic rings. The van der Waals surface area contributed by atoms with Crippen molar-refractivity contribution in [3.63, 3.8) is 0 Å². The van der Waals surface area contributed by atoms with Crippen molar-refractivity contribution < 1.29 is 4.74 Å². The maximum Gasteiger partial charge on any atom is 0.119 e. The maximum absolute atomic E-state index is 5.60. The number of rotatable bonds is 9. The summed E-state index contributed by atoms with van der Waals surface area (Å²) in [5.74, 6) is 0.961. The van der Waals surface area contributed by atoms with Gasteiger partial charge in [0, 0.05) is 12.6 Å². The zero-order chi connectivity index (χ0) is 15.6. The summed E-state index contributed by atoms with van der Waals surface area (Å²) in [6.07, 6.45) is 3.32. The van der Waals surface area contributed by atoms with Gasteiger partial charge in [-0.1, -0.05) is 49.4 Å². The molecule has 0 heterocycles. The van der Waals surface area contributed by atoms with E-state index in [-0.39, 0.29) is 0 Å². The van der Waals surface area contributed by atoms with E-state index in [0.717, 1.165) is 38.2 Å². The van der Waals surface area contributed by atoms with E-state index in [4.69, 9.17) is 4.74 Å². The molecule has 0 aliphatic carbocycles. The summed E-state index contributed by atoms with van der Waals surface area (Å²) in [7, 11) is 0. The van der Waals surface area contributed by atoms with Gasteiger partial charge in [0.15, 0.2) is 0 Å². The van der Waals surface area contributed by atoms with E-state index in [0.29, 0.717) is 6.04 Å². The van der Waals surface area contributed by atoms with Gasteiger partial charge in [0.1, 0.15) is 5.75 Å². The van der Waals surface area contributed by atoms with Gasteiger partial charge in [-0.3, -0.25) is 0 Å². The Balaban J connectivity index is 1.70. The van der Waals surface area contributed by atoms with Crippen molar-refractivity contribution in [2.75, 3.05) is 6.61 Å². The van der Waals surface area contributed by atoms with Gasteiger partial charge in [-0.25, -0.2) is 0 Å². The second-order valence-electron chi connectivity index (χ2n) is 5.80. The predicted octanol–water partition coefficient (Wildman–Crippen LogP) is 4.59. The highest BCUT2D eigenvalue weighted by atomic mass is 16.5. The van der Waals surface area contributed by atoms with Crippen LogP contribution in [0, 0.1) is 0 Å². The molecule has 1 atom stereocenters. The van der Waals surface area contributed by atoms with Gasteiger partial charge >= 0.3 is 0 Å². The summed E-state index contributed by atoms with van der Waals surface area (Å²) in [5, 5.41) is 3.59. The van der Waals surface area contributed by atoms with E-state index in [1.165, 1.54) is 11.1 Å². The smallest absolute Gasteiger partial charge is 0.119 e. The Kier molecular flexibility index (Phi) is 6.98. The Bertz CT molecular complexity index is 521. The van der Waals surface area contributed by atoms with Gasteiger partial charge in [-0.15, -0.1) is 0 Å². The van der Waals surface area contributed by atoms with Crippen molar-refractivity contribution in [2.45, 2.75) is 45.7 Å². The van der Waals surface area contributed by atoms with Gasteiger partial charge in [0.2, 0.25) is 0 Å². The molecule has 0 saturated carbocycles. The molecule has 0 bridgehead atoms. The van der Waals surface area contributed by atoms with Crippen molar-refractivity contribution >= 4 is 0 Å². The monoisotopic (exact) mass is 297 g/mol. The third-order valence-corrected chi connectivity index (χ3v) is 3.76. The zero-order valence-electron chi connectivity index (χ0n) is 13.7. The van der Waals surface area contributed by atoms with E-state index in [1.54, 1.807) is 0 Å². The number of nitrogens with one attached hydrogen (secondary N) is 1. The van der Waals surface area contributed by atoms with E-state index in [2.05, 4.69) is 73.8 Å². The van der Waals surface area contributed by atoms with Crippen LogP contribution in [0.2, 0.25) is 0 Å². The van der Waals surface area contributed by atoms with Crippen LogP contribution in [-0.2, 0) is 13.0 Å². The van der Waals surface area contributed by atoms with Crippen molar-refractivity contribution in [2.24, 2.45) is 0 Å². The van der Waals surface area contributed by atoms with Crippen molar-refractivity contribution in [3.05, 3.63) is 65.7 Å². The summed E-state index contributed by atoms with van der Waals surface area (Å²) in [5.41, 5.74) is 2.71. The fourth-order valence-corrected chi connectivity index (χ4v) is 2.35. The predicted molar refractivity (Wildman–Crippen MR) is 93.3 cm³/mol. The molecule has 0 aliphatic heterocycles. The topological polar surface area (TPSA) is 21.3 Å². The van der Waals surface area contributed by atoms with Gasteiger partial charge in [0.25, 0.3) is 0 Å². The van der Waals surface area contributed by atoms with Gasteiger partial charge in [-0.2, -0.15) is 0 Å². The minimum absolute atomic E-state index is 0.510. The van der Waals surface area contributed by atoms with E-state index < -0.39 is 0 Å². The summed E-state index contributed by atoms with van der Waals surface area (Å²) >= 11 is 0. The molecule has 0 saturated heterocycles. The summed E-state index contributed by atoms with van der Waals surface area (Å²) in [6, 6.07) is 19.6. The molecule has 118 valence electrons. The highest BCUT2D eigenvalue weighted by Crippen LogP contribution is 2.13. The third kappa shape index (κ3) is 5.90. The number of benzene rings is 2. The van der Waals surface area contributed by atoms with Crippen LogP contribution < -0.4 is 10.1 Å². The van der Waals surface area contributed by atoms with Crippen LogP contribution in [0.1, 0.15) is 37.8 Å². The molecule has 0 aromatic heterocycles. The zero-order valence-corrected chi connectivity index (χ0v) is 13.7. The SMILES string of the molecule is CCCOc1ccc(CNC(C)CCc2ccccc2)cc1. The average Bonchev–Trinajstić information content (AvgIpc) is 2.58. The molecular weight excluding hydrogens is 270 g/mol. The van der Waals surface area contributed by atoms with Crippen LogP contribution in [0.4, 0.5) is 0 Å². The molecule has 2 aromatic carbocycles. The first-order valence-corrected chi connectivity index (χ1v) is 8.27. The van der Waals surface area contributed by atoms with Crippen LogP contribution in [0.25, 0.3) is 0 Å². The van der Waals surface area contributed by atoms with Crippen LogP contribution in [-0.4, -0.2) is 12.6 Å². The lowest BCUT2D eigenvalue weighted by Crippen LogP contribution is -2.25. The molecule has 22 heavy (non-hydrogen) atoms. The second-order valence-corrected chi connectivity index (χ2v) is 5.80. The van der Waals surface area contributed by atoms with Crippen molar-refractivity contribution in [1.29, 1.82) is 0 Å². The molecule has 1 N–H and O–H groups in total. The molecular formula is C20H27NO. The molecule has 0 amide bonds. The first kappa shape index (κ1) is 16.6. The molecule has 2 nitrogen and oxygen atoms in total. The minimum Gasteiger partial charge on any atom is -0.494 e. The Hall–Kier alpha value is -1.80. The van der Waals surface area contributed by atoms with Crippen LogP contribution in [0.3, 0.4) is 0 Å². The highest BCUT2D eigenvalue weighted by Gasteiger charge is 2.03. The Morgan fingerprint density at radius 3 is 2.36 bits per heavy atom. The third-order valence-electron chi connectivity index (χ3n) is 3.76. The summed E-state index contributed by atoms with van der Waals surface area (Å²) < 4.78 is 5.60. The standard InChI is InChI=1S/C20H27NO/c1-3-15-22-20-13-11-19(12-14-20)16-21-17(2)9-10-18-7-5-4-6-8-18/h4-8,11-14,17,21H,3,9-10,15-16H2,1-2H3. The second kappa shape index (κ2) is 9.26. The lowest BCUT2D eigenvalue weighted by atomic mass is 10.1. The Morgan fingerprint density at radius 2 is 1.68 bits per heavy atom. The molecule has 0 fully saturated rings. The fourth-order valence-electron chi connectivity index (χ4n) is 2.35. The molecule has 2 heteroatoms. The molecule has 2 rings (SSSR count). The molecule has 1 unspecified atom stereocenters. The van der Waals surface area contributed by atoms with Crippen LogP contribution >= 0.6 is 0 Å². The van der Waals surface area contributed by atoms with Gasteiger partial charge < -0.3 is 10.1 Å². The van der Waals surface area contributed by atoms with E-state index in [1.807, 2.05) is 0 Å².